The zero-order chi connectivity index (χ0) is 13.5. The van der Waals surface area contributed by atoms with Gasteiger partial charge in [-0.3, -0.25) is 9.59 Å². The van der Waals surface area contributed by atoms with Crippen LogP contribution in [0.15, 0.2) is 12.1 Å². The Morgan fingerprint density at radius 1 is 1.39 bits per heavy atom. The van der Waals surface area contributed by atoms with E-state index in [9.17, 15) is 9.59 Å². The van der Waals surface area contributed by atoms with Crippen LogP contribution in [0.4, 0.5) is 5.82 Å². The molecule has 0 radical (unpaired) electrons. The first-order chi connectivity index (χ1) is 8.52. The predicted molar refractivity (Wildman–Crippen MR) is 69.3 cm³/mol. The van der Waals surface area contributed by atoms with Crippen LogP contribution in [0.1, 0.15) is 29.4 Å². The molecular formula is C12H18N4O2. The first-order valence-corrected chi connectivity index (χ1v) is 5.82. The van der Waals surface area contributed by atoms with E-state index in [-0.39, 0.29) is 12.5 Å². The Hall–Kier alpha value is -2.11. The molecule has 0 saturated heterocycles. The monoisotopic (exact) mass is 250 g/mol. The third-order valence-electron chi connectivity index (χ3n) is 2.19. The maximum Gasteiger partial charge on any atom is 0.251 e. The molecule has 6 nitrogen and oxygen atoms in total. The number of primary amides is 1. The molecule has 0 saturated carbocycles. The molecule has 4 N–H and O–H groups in total. The summed E-state index contributed by atoms with van der Waals surface area (Å²) in [5.41, 5.74) is 6.16. The Labute approximate surface area is 106 Å². The number of amides is 2. The second-order valence-corrected chi connectivity index (χ2v) is 3.96. The zero-order valence-electron chi connectivity index (χ0n) is 10.6. The van der Waals surface area contributed by atoms with Crippen molar-refractivity contribution in [2.24, 2.45) is 5.73 Å². The quantitative estimate of drug-likeness (QED) is 0.682. The molecule has 0 aliphatic heterocycles. The largest absolute Gasteiger partial charge is 0.370 e. The summed E-state index contributed by atoms with van der Waals surface area (Å²) in [5.74, 6) is -0.251. The van der Waals surface area contributed by atoms with Gasteiger partial charge in [0.05, 0.1) is 6.54 Å². The highest BCUT2D eigenvalue weighted by Gasteiger charge is 2.09. The summed E-state index contributed by atoms with van der Waals surface area (Å²) in [4.78, 5) is 26.6. The van der Waals surface area contributed by atoms with Gasteiger partial charge in [0.1, 0.15) is 5.82 Å². The fraction of sp³-hybridized carbons (Fsp3) is 0.417. The highest BCUT2D eigenvalue weighted by atomic mass is 16.2. The molecule has 0 fully saturated rings. The summed E-state index contributed by atoms with van der Waals surface area (Å²) in [6.07, 6.45) is 0.971. The van der Waals surface area contributed by atoms with Crippen molar-refractivity contribution in [1.29, 1.82) is 0 Å². The van der Waals surface area contributed by atoms with Crippen molar-refractivity contribution in [3.05, 3.63) is 23.4 Å². The molecule has 1 heterocycles. The Kier molecular flexibility index (Phi) is 5.10. The summed E-state index contributed by atoms with van der Waals surface area (Å²) in [6, 6.07) is 3.31. The van der Waals surface area contributed by atoms with Crippen LogP contribution >= 0.6 is 0 Å². The minimum absolute atomic E-state index is 0.169. The van der Waals surface area contributed by atoms with Crippen molar-refractivity contribution in [3.8, 4) is 0 Å². The molecule has 0 aliphatic rings. The molecule has 0 atom stereocenters. The molecule has 1 aromatic heterocycles. The lowest BCUT2D eigenvalue weighted by molar-refractivity contribution is -0.117. The Morgan fingerprint density at radius 3 is 2.72 bits per heavy atom. The van der Waals surface area contributed by atoms with E-state index in [4.69, 9.17) is 5.73 Å². The molecule has 0 aromatic carbocycles. The molecule has 6 heteroatoms. The molecular weight excluding hydrogens is 232 g/mol. The number of anilines is 1. The number of hydrogen-bond donors (Lipinski definition) is 3. The average Bonchev–Trinajstić information content (AvgIpc) is 2.32. The minimum Gasteiger partial charge on any atom is -0.370 e. The zero-order valence-corrected chi connectivity index (χ0v) is 10.6. The third kappa shape index (κ3) is 4.40. The van der Waals surface area contributed by atoms with Crippen molar-refractivity contribution < 1.29 is 9.59 Å². The van der Waals surface area contributed by atoms with Crippen LogP contribution in [-0.4, -0.2) is 29.9 Å². The van der Waals surface area contributed by atoms with E-state index in [2.05, 4.69) is 15.6 Å². The molecule has 0 unspecified atom stereocenters. The third-order valence-corrected chi connectivity index (χ3v) is 2.19. The van der Waals surface area contributed by atoms with Crippen LogP contribution in [0.2, 0.25) is 0 Å². The summed E-state index contributed by atoms with van der Waals surface area (Å²) in [7, 11) is 0. The van der Waals surface area contributed by atoms with E-state index >= 15 is 0 Å². The molecule has 98 valence electrons. The number of pyridine rings is 1. The second-order valence-electron chi connectivity index (χ2n) is 3.96. The maximum absolute atomic E-state index is 11.8. The Bertz CT molecular complexity index is 446. The van der Waals surface area contributed by atoms with Crippen molar-refractivity contribution in [2.75, 3.05) is 18.4 Å². The van der Waals surface area contributed by atoms with Crippen LogP contribution in [0.3, 0.4) is 0 Å². The maximum atomic E-state index is 11.8. The summed E-state index contributed by atoms with van der Waals surface area (Å²) < 4.78 is 0. The number of rotatable bonds is 6. The van der Waals surface area contributed by atoms with Gasteiger partial charge in [-0.05, 0) is 25.5 Å². The van der Waals surface area contributed by atoms with E-state index in [0.29, 0.717) is 11.4 Å². The standard InChI is InChI=1S/C12H18N4O2/c1-3-4-14-11-6-9(5-8(2)16-11)12(18)15-7-10(13)17/h5-6H,3-4,7H2,1-2H3,(H2,13,17)(H,14,16)(H,15,18). The minimum atomic E-state index is -0.571. The normalized spacial score (nSPS) is 9.89. The van der Waals surface area contributed by atoms with Crippen LogP contribution in [0.5, 0.6) is 0 Å². The highest BCUT2D eigenvalue weighted by molar-refractivity contribution is 5.96. The highest BCUT2D eigenvalue weighted by Crippen LogP contribution is 2.10. The van der Waals surface area contributed by atoms with Gasteiger partial charge in [-0.25, -0.2) is 4.98 Å². The van der Waals surface area contributed by atoms with Gasteiger partial charge in [0.25, 0.3) is 5.91 Å². The molecule has 0 aliphatic carbocycles. The van der Waals surface area contributed by atoms with Crippen molar-refractivity contribution in [3.63, 3.8) is 0 Å². The molecule has 2 amide bonds. The molecule has 1 rings (SSSR count). The van der Waals surface area contributed by atoms with E-state index in [1.54, 1.807) is 12.1 Å². The number of carbonyl (C=O) groups excluding carboxylic acids is 2. The van der Waals surface area contributed by atoms with Gasteiger partial charge >= 0.3 is 0 Å². The van der Waals surface area contributed by atoms with Gasteiger partial charge in [0.2, 0.25) is 5.91 Å². The molecule has 1 aromatic rings. The lowest BCUT2D eigenvalue weighted by atomic mass is 10.2. The first-order valence-electron chi connectivity index (χ1n) is 5.82. The van der Waals surface area contributed by atoms with E-state index in [1.165, 1.54) is 0 Å². The summed E-state index contributed by atoms with van der Waals surface area (Å²) in [6.45, 7) is 4.47. The summed E-state index contributed by atoms with van der Waals surface area (Å²) >= 11 is 0. The number of hydrogen-bond acceptors (Lipinski definition) is 4. The fourth-order valence-corrected chi connectivity index (χ4v) is 1.41. The lowest BCUT2D eigenvalue weighted by Crippen LogP contribution is -2.33. The van der Waals surface area contributed by atoms with Gasteiger partial charge < -0.3 is 16.4 Å². The smallest absolute Gasteiger partial charge is 0.251 e. The van der Waals surface area contributed by atoms with Crippen LogP contribution in [0.25, 0.3) is 0 Å². The summed E-state index contributed by atoms with van der Waals surface area (Å²) in [5, 5.41) is 5.55. The number of aryl methyl sites for hydroxylation is 1. The molecule has 0 bridgehead atoms. The molecule has 18 heavy (non-hydrogen) atoms. The van der Waals surface area contributed by atoms with Crippen LogP contribution in [-0.2, 0) is 4.79 Å². The van der Waals surface area contributed by atoms with Crippen LogP contribution < -0.4 is 16.4 Å². The van der Waals surface area contributed by atoms with Crippen molar-refractivity contribution in [1.82, 2.24) is 10.3 Å². The lowest BCUT2D eigenvalue weighted by Gasteiger charge is -2.08. The van der Waals surface area contributed by atoms with Gasteiger partial charge in [0.15, 0.2) is 0 Å². The SMILES string of the molecule is CCCNc1cc(C(=O)NCC(N)=O)cc(C)n1. The number of aromatic nitrogens is 1. The topological polar surface area (TPSA) is 97.1 Å². The van der Waals surface area contributed by atoms with E-state index < -0.39 is 5.91 Å². The Morgan fingerprint density at radius 2 is 2.11 bits per heavy atom. The Balaban J connectivity index is 2.78. The van der Waals surface area contributed by atoms with Crippen molar-refractivity contribution >= 4 is 17.6 Å². The van der Waals surface area contributed by atoms with Gasteiger partial charge in [-0.1, -0.05) is 6.92 Å². The average molecular weight is 250 g/mol. The number of carbonyl (C=O) groups is 2. The number of nitrogens with zero attached hydrogens (tertiary/aromatic N) is 1. The van der Waals surface area contributed by atoms with Gasteiger partial charge in [0, 0.05) is 17.8 Å². The van der Waals surface area contributed by atoms with Gasteiger partial charge in [-0.2, -0.15) is 0 Å². The number of nitrogens with two attached hydrogens (primary N) is 1. The number of nitrogens with one attached hydrogen (secondary N) is 2. The second kappa shape index (κ2) is 6.58. The first kappa shape index (κ1) is 14.0. The molecule has 0 spiro atoms. The van der Waals surface area contributed by atoms with Crippen molar-refractivity contribution in [2.45, 2.75) is 20.3 Å². The fourth-order valence-electron chi connectivity index (χ4n) is 1.41. The van der Waals surface area contributed by atoms with Gasteiger partial charge in [-0.15, -0.1) is 0 Å². The predicted octanol–water partition coefficient (Wildman–Crippen LogP) is 0.427. The van der Waals surface area contributed by atoms with Crippen LogP contribution in [0, 0.1) is 6.92 Å². The van der Waals surface area contributed by atoms with E-state index in [0.717, 1.165) is 18.7 Å². The van der Waals surface area contributed by atoms with E-state index in [1.807, 2.05) is 13.8 Å².